The first kappa shape index (κ1) is 29.5. The highest BCUT2D eigenvalue weighted by molar-refractivity contribution is 7.90. The molecule has 3 heterocycles. The van der Waals surface area contributed by atoms with E-state index in [-0.39, 0.29) is 50.1 Å². The smallest absolute Gasteiger partial charge is 0.357 e. The van der Waals surface area contributed by atoms with Crippen molar-refractivity contribution in [1.82, 2.24) is 13.9 Å². The van der Waals surface area contributed by atoms with E-state index in [4.69, 9.17) is 19.2 Å². The third kappa shape index (κ3) is 4.51. The molecular weight excluding hydrogens is 600 g/mol. The molecule has 45 heavy (non-hydrogen) atoms. The van der Waals surface area contributed by atoms with Crippen molar-refractivity contribution < 1.29 is 32.3 Å². The van der Waals surface area contributed by atoms with E-state index in [0.717, 1.165) is 5.56 Å². The van der Waals surface area contributed by atoms with Gasteiger partial charge in [-0.05, 0) is 44.2 Å². The lowest BCUT2D eigenvalue weighted by Gasteiger charge is -2.16. The van der Waals surface area contributed by atoms with Crippen LogP contribution < -0.4 is 9.47 Å². The van der Waals surface area contributed by atoms with Gasteiger partial charge in [-0.1, -0.05) is 35.9 Å². The van der Waals surface area contributed by atoms with Gasteiger partial charge in [0.15, 0.2) is 5.69 Å². The number of hydrogen-bond donors (Lipinski definition) is 0. The molecule has 228 valence electrons. The Balaban J connectivity index is 1.84. The molecule has 13 heteroatoms. The van der Waals surface area contributed by atoms with Gasteiger partial charge in [-0.2, -0.15) is 0 Å². The molecule has 0 atom stereocenters. The molecule has 0 aliphatic rings. The Morgan fingerprint density at radius 1 is 0.911 bits per heavy atom. The molecule has 0 N–H and O–H groups in total. The van der Waals surface area contributed by atoms with Crippen molar-refractivity contribution in [1.29, 1.82) is 0 Å². The zero-order chi connectivity index (χ0) is 32.2. The van der Waals surface area contributed by atoms with Crippen molar-refractivity contribution in [2.24, 2.45) is 0 Å². The molecular formula is C32H26N4O8S. The fourth-order valence-electron chi connectivity index (χ4n) is 5.61. The summed E-state index contributed by atoms with van der Waals surface area (Å²) in [7, 11) is -0.431. The van der Waals surface area contributed by atoms with Crippen LogP contribution in [0.25, 0.3) is 44.0 Å². The van der Waals surface area contributed by atoms with E-state index in [2.05, 4.69) is 4.98 Å². The molecule has 0 fully saturated rings. The average Bonchev–Trinajstić information content (AvgIpc) is 3.39. The fourth-order valence-corrected chi connectivity index (χ4v) is 7.15. The average molecular weight is 627 g/mol. The van der Waals surface area contributed by atoms with Gasteiger partial charge in [-0.15, -0.1) is 0 Å². The highest BCUT2D eigenvalue weighted by Gasteiger charge is 2.32. The number of carbonyl (C=O) groups is 1. The number of ether oxygens (including phenoxy) is 3. The predicted octanol–water partition coefficient (Wildman–Crippen LogP) is 5.97. The molecule has 12 nitrogen and oxygen atoms in total. The Morgan fingerprint density at radius 2 is 1.62 bits per heavy atom. The van der Waals surface area contributed by atoms with Crippen LogP contribution in [0.5, 0.6) is 11.5 Å². The second-order valence-electron chi connectivity index (χ2n) is 10.2. The topological polar surface area (TPSA) is 153 Å². The Bertz CT molecular complexity index is 2310. The molecule has 0 unspecified atom stereocenters. The number of hydrogen-bond acceptors (Lipinski definition) is 10. The van der Waals surface area contributed by atoms with Crippen molar-refractivity contribution in [3.8, 4) is 22.8 Å². The Labute approximate surface area is 257 Å². The molecule has 0 bridgehead atoms. The molecule has 3 aromatic carbocycles. The fraction of sp³-hybridized carbons (Fsp3) is 0.156. The van der Waals surface area contributed by atoms with Crippen LogP contribution in [0.2, 0.25) is 0 Å². The number of nitro benzene ring substituents is 1. The first-order valence-corrected chi connectivity index (χ1v) is 15.0. The molecule has 6 aromatic rings. The Kier molecular flexibility index (Phi) is 7.12. The predicted molar refractivity (Wildman–Crippen MR) is 168 cm³/mol. The number of rotatable bonds is 7. The molecule has 0 radical (unpaired) electrons. The molecule has 0 saturated heterocycles. The molecule has 0 amide bonds. The summed E-state index contributed by atoms with van der Waals surface area (Å²) < 4.78 is 46.1. The number of pyridine rings is 2. The van der Waals surface area contributed by atoms with Crippen molar-refractivity contribution in [3.05, 3.63) is 93.8 Å². The summed E-state index contributed by atoms with van der Waals surface area (Å²) in [5.41, 5.74) is 1.42. The van der Waals surface area contributed by atoms with Crippen LogP contribution in [-0.2, 0) is 14.8 Å². The number of carbonyl (C=O) groups excluding carboxylic acids is 1. The number of esters is 1. The van der Waals surface area contributed by atoms with Crippen molar-refractivity contribution in [3.63, 3.8) is 0 Å². The highest BCUT2D eigenvalue weighted by Crippen LogP contribution is 2.44. The van der Waals surface area contributed by atoms with Gasteiger partial charge in [0.25, 0.3) is 10.0 Å². The minimum Gasteiger partial charge on any atom is -0.496 e. The maximum Gasteiger partial charge on any atom is 0.357 e. The molecule has 6 rings (SSSR count). The first-order valence-electron chi connectivity index (χ1n) is 13.6. The zero-order valence-electron chi connectivity index (χ0n) is 24.8. The second-order valence-corrected chi connectivity index (χ2v) is 12.0. The largest absolute Gasteiger partial charge is 0.496 e. The number of para-hydroxylation sites is 1. The number of methoxy groups -OCH3 is 3. The summed E-state index contributed by atoms with van der Waals surface area (Å²) in [5, 5.41) is 13.4. The minimum atomic E-state index is -4.27. The van der Waals surface area contributed by atoms with E-state index in [9.17, 15) is 23.3 Å². The van der Waals surface area contributed by atoms with E-state index in [1.54, 1.807) is 55.5 Å². The van der Waals surface area contributed by atoms with Gasteiger partial charge < -0.3 is 14.2 Å². The quantitative estimate of drug-likeness (QED) is 0.118. The van der Waals surface area contributed by atoms with Crippen LogP contribution in [0.4, 0.5) is 5.69 Å². The van der Waals surface area contributed by atoms with Crippen LogP contribution in [-0.4, -0.2) is 54.6 Å². The van der Waals surface area contributed by atoms with E-state index < -0.39 is 20.9 Å². The van der Waals surface area contributed by atoms with Gasteiger partial charge >= 0.3 is 11.7 Å². The number of nitrogens with zero attached hydrogens (tertiary/aromatic N) is 4. The minimum absolute atomic E-state index is 0.0317. The van der Waals surface area contributed by atoms with E-state index in [1.165, 1.54) is 43.5 Å². The number of aryl methyl sites for hydroxylation is 2. The van der Waals surface area contributed by atoms with E-state index in [0.29, 0.717) is 27.4 Å². The zero-order valence-corrected chi connectivity index (χ0v) is 25.6. The van der Waals surface area contributed by atoms with Crippen LogP contribution in [0.15, 0.2) is 71.6 Å². The van der Waals surface area contributed by atoms with Crippen molar-refractivity contribution in [2.45, 2.75) is 18.7 Å². The Morgan fingerprint density at radius 3 is 2.27 bits per heavy atom. The van der Waals surface area contributed by atoms with Gasteiger partial charge in [-0.3, -0.25) is 10.1 Å². The van der Waals surface area contributed by atoms with E-state index in [1.807, 2.05) is 6.92 Å². The van der Waals surface area contributed by atoms with Crippen molar-refractivity contribution in [2.75, 3.05) is 21.3 Å². The first-order chi connectivity index (χ1) is 21.5. The summed E-state index contributed by atoms with van der Waals surface area (Å²) in [6, 6.07) is 17.8. The normalized spacial score (nSPS) is 11.7. The lowest BCUT2D eigenvalue weighted by molar-refractivity contribution is -0.385. The number of nitro groups is 1. The van der Waals surface area contributed by atoms with Gasteiger partial charge in [0.1, 0.15) is 11.3 Å². The van der Waals surface area contributed by atoms with Crippen LogP contribution in [0.1, 0.15) is 21.7 Å². The third-order valence-electron chi connectivity index (χ3n) is 7.64. The summed E-state index contributed by atoms with van der Waals surface area (Å²) in [5.74, 6) is -0.792. The highest BCUT2D eigenvalue weighted by atomic mass is 32.2. The second kappa shape index (κ2) is 10.9. The number of fused-ring (bicyclic) bond motifs is 4. The van der Waals surface area contributed by atoms with Gasteiger partial charge in [0, 0.05) is 21.9 Å². The number of benzene rings is 3. The standard InChI is InChI=1S/C32H26N4O8S/c1-17-10-12-19(13-11-17)45(40,41)35-23-9-7-6-8-20(23)26-18(2)33-29(32(37)44-5)27(30(26)35)22-15-14-21-25(42-3)16-24(36(38)39)31(43-4)28(21)34-22/h6-16H,1-5H3. The van der Waals surface area contributed by atoms with Crippen LogP contribution in [0, 0.1) is 24.0 Å². The van der Waals surface area contributed by atoms with Crippen molar-refractivity contribution >= 4 is 54.4 Å². The van der Waals surface area contributed by atoms with Crippen LogP contribution in [0.3, 0.4) is 0 Å². The maximum atomic E-state index is 14.5. The lowest BCUT2D eigenvalue weighted by Crippen LogP contribution is -2.15. The number of aromatic nitrogens is 3. The lowest BCUT2D eigenvalue weighted by atomic mass is 10.0. The van der Waals surface area contributed by atoms with Crippen LogP contribution >= 0.6 is 0 Å². The molecule has 0 saturated carbocycles. The molecule has 3 aromatic heterocycles. The summed E-state index contributed by atoms with van der Waals surface area (Å²) in [6.45, 7) is 3.53. The third-order valence-corrected chi connectivity index (χ3v) is 9.37. The van der Waals surface area contributed by atoms with E-state index >= 15 is 0 Å². The van der Waals surface area contributed by atoms with Gasteiger partial charge in [0.05, 0.1) is 59.5 Å². The van der Waals surface area contributed by atoms with Gasteiger partial charge in [-0.25, -0.2) is 27.2 Å². The summed E-state index contributed by atoms with van der Waals surface area (Å²) in [4.78, 5) is 34.0. The summed E-state index contributed by atoms with van der Waals surface area (Å²) in [6.07, 6.45) is 0. The summed E-state index contributed by atoms with van der Waals surface area (Å²) >= 11 is 0. The van der Waals surface area contributed by atoms with Gasteiger partial charge in [0.2, 0.25) is 5.75 Å². The SMILES string of the molecule is COC(=O)c1nc(C)c2c3ccccc3n(S(=O)(=O)c3ccc(C)cc3)c2c1-c1ccc2c(OC)cc([N+](=O)[O-])c(OC)c2n1. The molecule has 0 aliphatic heterocycles. The molecule has 0 spiro atoms. The molecule has 0 aliphatic carbocycles. The maximum absolute atomic E-state index is 14.5. The monoisotopic (exact) mass is 626 g/mol. The Hall–Kier alpha value is -5.56.